The summed E-state index contributed by atoms with van der Waals surface area (Å²) in [7, 11) is 0. The summed E-state index contributed by atoms with van der Waals surface area (Å²) < 4.78 is 17.1. The lowest BCUT2D eigenvalue weighted by molar-refractivity contribution is 0.111. The monoisotopic (exact) mass is 392 g/mol. The summed E-state index contributed by atoms with van der Waals surface area (Å²) in [6, 6.07) is 18.4. The number of benzene rings is 3. The lowest BCUT2D eigenvalue weighted by Crippen LogP contribution is -2.11. The Morgan fingerprint density at radius 3 is 2.17 bits per heavy atom. The van der Waals surface area contributed by atoms with E-state index in [1.165, 1.54) is 0 Å². The lowest BCUT2D eigenvalue weighted by atomic mass is 10.1. The summed E-state index contributed by atoms with van der Waals surface area (Å²) >= 11 is 0. The van der Waals surface area contributed by atoms with Crippen molar-refractivity contribution in [3.63, 3.8) is 0 Å². The zero-order chi connectivity index (χ0) is 20.6. The number of anilines is 2. The molecule has 0 aliphatic carbocycles. The summed E-state index contributed by atoms with van der Waals surface area (Å²) in [5.74, 6) is 1.43. The van der Waals surface area contributed by atoms with Gasteiger partial charge in [0.05, 0.1) is 16.9 Å². The molecule has 4 N–H and O–H groups in total. The Kier molecular flexibility index (Phi) is 6.58. The van der Waals surface area contributed by atoms with Crippen LogP contribution in [-0.4, -0.2) is 19.5 Å². The van der Waals surface area contributed by atoms with E-state index < -0.39 is 0 Å². The molecule has 0 aliphatic heterocycles. The topological polar surface area (TPSA) is 96.8 Å². The molecule has 0 spiro atoms. The number of carbonyl (C=O) groups excluding carboxylic acids is 1. The average molecular weight is 392 g/mol. The molecule has 29 heavy (non-hydrogen) atoms. The van der Waals surface area contributed by atoms with Crippen molar-refractivity contribution < 1.29 is 19.0 Å². The quantitative estimate of drug-likeness (QED) is 0.324. The molecular weight excluding hydrogens is 368 g/mol. The van der Waals surface area contributed by atoms with E-state index in [0.717, 1.165) is 17.4 Å². The standard InChI is InChI=1S/C23H24N2O4/c1-16-7-8-19(24)22(11-16)27-9-10-28-23-12-18(14-26)21(13-20(23)25)29-15-17-5-3-2-4-6-17/h2-8,11-14H,9-10,15,24-25H2,1H3. The number of aryl methyl sites for hydroxylation is 1. The van der Waals surface area contributed by atoms with Gasteiger partial charge in [0.2, 0.25) is 0 Å². The fraction of sp³-hybridized carbons (Fsp3) is 0.174. The number of nitrogens with two attached hydrogens (primary N) is 2. The minimum absolute atomic E-state index is 0.250. The molecule has 150 valence electrons. The molecule has 0 heterocycles. The summed E-state index contributed by atoms with van der Waals surface area (Å²) in [6.07, 6.45) is 0.719. The van der Waals surface area contributed by atoms with Gasteiger partial charge in [-0.1, -0.05) is 36.4 Å². The fourth-order valence-corrected chi connectivity index (χ4v) is 2.74. The van der Waals surface area contributed by atoms with Crippen LogP contribution in [0.4, 0.5) is 11.4 Å². The maximum Gasteiger partial charge on any atom is 0.153 e. The Morgan fingerprint density at radius 1 is 0.793 bits per heavy atom. The zero-order valence-corrected chi connectivity index (χ0v) is 16.3. The van der Waals surface area contributed by atoms with E-state index >= 15 is 0 Å². The molecule has 0 saturated heterocycles. The number of rotatable bonds is 9. The number of hydrogen-bond acceptors (Lipinski definition) is 6. The maximum atomic E-state index is 11.5. The van der Waals surface area contributed by atoms with Gasteiger partial charge in [0.25, 0.3) is 0 Å². The number of aldehydes is 1. The first-order chi connectivity index (χ1) is 14.1. The second kappa shape index (κ2) is 9.50. The van der Waals surface area contributed by atoms with Gasteiger partial charge in [0.15, 0.2) is 6.29 Å². The van der Waals surface area contributed by atoms with Crippen LogP contribution in [0.5, 0.6) is 17.2 Å². The molecule has 3 rings (SSSR count). The number of ether oxygens (including phenoxy) is 3. The van der Waals surface area contributed by atoms with E-state index in [0.29, 0.717) is 40.8 Å². The third kappa shape index (κ3) is 5.42. The van der Waals surface area contributed by atoms with Gasteiger partial charge in [-0.15, -0.1) is 0 Å². The molecule has 0 bridgehead atoms. The highest BCUT2D eigenvalue weighted by Gasteiger charge is 2.11. The van der Waals surface area contributed by atoms with E-state index in [4.69, 9.17) is 25.7 Å². The molecule has 0 fully saturated rings. The second-order valence-electron chi connectivity index (χ2n) is 6.56. The van der Waals surface area contributed by atoms with Gasteiger partial charge in [0, 0.05) is 6.07 Å². The van der Waals surface area contributed by atoms with Crippen molar-refractivity contribution in [1.29, 1.82) is 0 Å². The predicted molar refractivity (Wildman–Crippen MR) is 114 cm³/mol. The van der Waals surface area contributed by atoms with E-state index in [1.54, 1.807) is 18.2 Å². The minimum atomic E-state index is 0.250. The smallest absolute Gasteiger partial charge is 0.153 e. The van der Waals surface area contributed by atoms with E-state index in [-0.39, 0.29) is 13.2 Å². The summed E-state index contributed by atoms with van der Waals surface area (Å²) in [4.78, 5) is 11.5. The Hall–Kier alpha value is -3.67. The molecule has 3 aromatic rings. The molecule has 0 saturated carbocycles. The molecule has 0 aromatic heterocycles. The Morgan fingerprint density at radius 2 is 1.48 bits per heavy atom. The second-order valence-corrected chi connectivity index (χ2v) is 6.56. The van der Waals surface area contributed by atoms with Gasteiger partial charge in [0.1, 0.15) is 37.1 Å². The first kappa shape index (κ1) is 20.1. The highest BCUT2D eigenvalue weighted by molar-refractivity contribution is 5.82. The number of hydrogen-bond donors (Lipinski definition) is 2. The van der Waals surface area contributed by atoms with Crippen LogP contribution >= 0.6 is 0 Å². The third-order valence-electron chi connectivity index (χ3n) is 4.27. The lowest BCUT2D eigenvalue weighted by Gasteiger charge is -2.14. The van der Waals surface area contributed by atoms with Crippen LogP contribution in [0.15, 0.2) is 60.7 Å². The first-order valence-corrected chi connectivity index (χ1v) is 9.24. The normalized spacial score (nSPS) is 10.4. The molecule has 0 aliphatic rings. The van der Waals surface area contributed by atoms with Crippen LogP contribution in [0.3, 0.4) is 0 Å². The van der Waals surface area contributed by atoms with Gasteiger partial charge in [-0.25, -0.2) is 0 Å². The van der Waals surface area contributed by atoms with Crippen LogP contribution in [0, 0.1) is 6.92 Å². The van der Waals surface area contributed by atoms with E-state index in [9.17, 15) is 4.79 Å². The molecule has 0 radical (unpaired) electrons. The fourth-order valence-electron chi connectivity index (χ4n) is 2.74. The summed E-state index contributed by atoms with van der Waals surface area (Å²) in [6.45, 7) is 2.84. The molecule has 0 atom stereocenters. The first-order valence-electron chi connectivity index (χ1n) is 9.24. The van der Waals surface area contributed by atoms with Crippen LogP contribution < -0.4 is 25.7 Å². The molecule has 3 aromatic carbocycles. The average Bonchev–Trinajstić information content (AvgIpc) is 2.73. The Balaban J connectivity index is 1.59. The van der Waals surface area contributed by atoms with E-state index in [1.807, 2.05) is 49.4 Å². The largest absolute Gasteiger partial charge is 0.488 e. The van der Waals surface area contributed by atoms with Crippen molar-refractivity contribution in [2.45, 2.75) is 13.5 Å². The molecule has 0 unspecified atom stereocenters. The maximum absolute atomic E-state index is 11.5. The van der Waals surface area contributed by atoms with Gasteiger partial charge >= 0.3 is 0 Å². The van der Waals surface area contributed by atoms with Crippen molar-refractivity contribution in [3.8, 4) is 17.2 Å². The number of nitrogen functional groups attached to an aromatic ring is 2. The molecule has 0 amide bonds. The molecular formula is C23H24N2O4. The van der Waals surface area contributed by atoms with Crippen LogP contribution in [0.2, 0.25) is 0 Å². The van der Waals surface area contributed by atoms with Crippen molar-refractivity contribution in [3.05, 3.63) is 77.4 Å². The zero-order valence-electron chi connectivity index (χ0n) is 16.3. The summed E-state index contributed by atoms with van der Waals surface area (Å²) in [5, 5.41) is 0. The van der Waals surface area contributed by atoms with Crippen LogP contribution in [-0.2, 0) is 6.61 Å². The third-order valence-corrected chi connectivity index (χ3v) is 4.27. The highest BCUT2D eigenvalue weighted by Crippen LogP contribution is 2.31. The van der Waals surface area contributed by atoms with Crippen molar-refractivity contribution in [2.75, 3.05) is 24.7 Å². The molecule has 6 heteroatoms. The minimum Gasteiger partial charge on any atom is -0.488 e. The SMILES string of the molecule is Cc1ccc(N)c(OCCOc2cc(C=O)c(OCc3ccccc3)cc2N)c1. The number of carbonyl (C=O) groups is 1. The van der Waals surface area contributed by atoms with Crippen LogP contribution in [0.25, 0.3) is 0 Å². The summed E-state index contributed by atoms with van der Waals surface area (Å²) in [5.41, 5.74) is 15.3. The van der Waals surface area contributed by atoms with Gasteiger partial charge < -0.3 is 25.7 Å². The highest BCUT2D eigenvalue weighted by atomic mass is 16.5. The van der Waals surface area contributed by atoms with Gasteiger partial charge in [-0.2, -0.15) is 0 Å². The van der Waals surface area contributed by atoms with Crippen molar-refractivity contribution >= 4 is 17.7 Å². The van der Waals surface area contributed by atoms with Gasteiger partial charge in [-0.3, -0.25) is 4.79 Å². The van der Waals surface area contributed by atoms with Crippen molar-refractivity contribution in [1.82, 2.24) is 0 Å². The predicted octanol–water partition coefficient (Wildman–Crippen LogP) is 4.01. The molecule has 6 nitrogen and oxygen atoms in total. The van der Waals surface area contributed by atoms with Gasteiger partial charge in [-0.05, 0) is 36.2 Å². The van der Waals surface area contributed by atoms with Crippen LogP contribution in [0.1, 0.15) is 21.5 Å². The Bertz CT molecular complexity index is 974. The van der Waals surface area contributed by atoms with E-state index in [2.05, 4.69) is 0 Å². The van der Waals surface area contributed by atoms with Crippen molar-refractivity contribution in [2.24, 2.45) is 0 Å². The Labute approximate surface area is 170 Å².